The minimum atomic E-state index is -1.80. The summed E-state index contributed by atoms with van der Waals surface area (Å²) < 4.78 is 5.27. The van der Waals surface area contributed by atoms with Crippen LogP contribution in [-0.4, -0.2) is 86.0 Å². The highest BCUT2D eigenvalue weighted by atomic mass is 16.5. The smallest absolute Gasteiger partial charge is 0.326 e. The number of aromatic nitrogens is 1. The Morgan fingerprint density at radius 1 is 1.02 bits per heavy atom. The second-order valence-electron chi connectivity index (χ2n) is 16.8. The van der Waals surface area contributed by atoms with E-state index >= 15 is 0 Å². The van der Waals surface area contributed by atoms with Crippen molar-refractivity contribution in [1.29, 1.82) is 0 Å². The number of para-hydroxylation sites is 1. The number of H-pyrrole nitrogens is 1. The summed E-state index contributed by atoms with van der Waals surface area (Å²) in [5.41, 5.74) is -0.389. The Kier molecular flexibility index (Phi) is 11.0. The minimum Gasteiger partial charge on any atom is -0.480 e. The quantitative estimate of drug-likeness (QED) is 0.164. The number of esters is 1. The van der Waals surface area contributed by atoms with Crippen LogP contribution in [0.25, 0.3) is 10.9 Å². The van der Waals surface area contributed by atoms with Gasteiger partial charge in [0.15, 0.2) is 12.4 Å². The number of rotatable bonds is 13. The second kappa shape index (κ2) is 15.1. The molecule has 54 heavy (non-hydrogen) atoms. The zero-order valence-electron chi connectivity index (χ0n) is 31.5. The number of aliphatic hydroxyl groups is 2. The van der Waals surface area contributed by atoms with Crippen molar-refractivity contribution in [2.75, 3.05) is 6.61 Å². The number of amides is 2. The number of aliphatic hydroxyl groups excluding tert-OH is 1. The lowest BCUT2D eigenvalue weighted by molar-refractivity contribution is -0.184. The number of carboxylic acid groups (broad SMARTS) is 1. The van der Waals surface area contributed by atoms with Gasteiger partial charge in [-0.15, -0.1) is 0 Å². The maximum Gasteiger partial charge on any atom is 0.326 e. The van der Waals surface area contributed by atoms with E-state index in [2.05, 4.69) is 22.5 Å². The van der Waals surface area contributed by atoms with Crippen LogP contribution in [0.4, 0.5) is 0 Å². The van der Waals surface area contributed by atoms with Crippen LogP contribution in [0.5, 0.6) is 0 Å². The first-order valence-electron chi connectivity index (χ1n) is 19.2. The van der Waals surface area contributed by atoms with Crippen LogP contribution < -0.4 is 10.6 Å². The molecule has 292 valence electrons. The fourth-order valence-electron chi connectivity index (χ4n) is 10.5. The lowest BCUT2D eigenvalue weighted by atomic mass is 9.45. The van der Waals surface area contributed by atoms with Gasteiger partial charge in [0.05, 0.1) is 12.5 Å². The molecule has 13 nitrogen and oxygen atoms in total. The highest BCUT2D eigenvalue weighted by molar-refractivity contribution is 5.93. The Balaban J connectivity index is 1.01. The Hall–Kier alpha value is -4.36. The van der Waals surface area contributed by atoms with Crippen molar-refractivity contribution in [3.05, 3.63) is 47.7 Å². The van der Waals surface area contributed by atoms with E-state index in [1.54, 1.807) is 26.1 Å². The van der Waals surface area contributed by atoms with Crippen molar-refractivity contribution < 1.29 is 48.8 Å². The molecule has 0 aliphatic heterocycles. The number of hydrogen-bond acceptors (Lipinski definition) is 9. The van der Waals surface area contributed by atoms with Crippen LogP contribution in [-0.2, 0) is 39.9 Å². The molecule has 6 rings (SSSR count). The topological polar surface area (TPSA) is 212 Å². The standard InChI is InChI=1S/C41H53N3O10/c1-22(2)36(37(50)43-30(38(51)52)17-23-20-42-29-8-6-5-7-26(23)29)44-33(48)11-12-34(49)54-21-32(47)41(53)16-14-28-27-10-9-24-18-25(45)13-15-39(24,3)35(27)31(46)19-40(28,41)4/h5-8,18,20,22,27-28,30-31,35-36,42,46,53H,9-17,19,21H2,1-4H3,(H,43,50)(H,44,48)(H,51,52)/t27-,28-,30+,31+,35+,36-,39-,40-,41-/m0/s1. The number of ether oxygens (including phenoxy) is 1. The van der Waals surface area contributed by atoms with E-state index in [0.29, 0.717) is 24.8 Å². The van der Waals surface area contributed by atoms with E-state index in [1.807, 2.05) is 31.2 Å². The van der Waals surface area contributed by atoms with E-state index in [4.69, 9.17) is 4.74 Å². The number of carbonyl (C=O) groups is 6. The number of aromatic amines is 1. The maximum atomic E-state index is 13.6. The molecule has 2 amide bonds. The molecule has 3 saturated carbocycles. The number of nitrogens with one attached hydrogen (secondary N) is 3. The highest BCUT2D eigenvalue weighted by Gasteiger charge is 2.68. The lowest BCUT2D eigenvalue weighted by Crippen LogP contribution is -2.62. The largest absolute Gasteiger partial charge is 0.480 e. The number of benzene rings is 1. The van der Waals surface area contributed by atoms with E-state index < -0.39 is 71.3 Å². The molecule has 1 heterocycles. The number of fused-ring (bicyclic) bond motifs is 6. The number of ketones is 2. The molecule has 1 aromatic carbocycles. The molecular weight excluding hydrogens is 694 g/mol. The van der Waals surface area contributed by atoms with E-state index in [9.17, 15) is 44.1 Å². The van der Waals surface area contributed by atoms with E-state index in [1.165, 1.54) is 0 Å². The molecule has 13 heteroatoms. The molecule has 0 spiro atoms. The molecule has 3 fully saturated rings. The maximum absolute atomic E-state index is 13.6. The van der Waals surface area contributed by atoms with Gasteiger partial charge in [0.2, 0.25) is 17.6 Å². The Labute approximate surface area is 314 Å². The number of carbonyl (C=O) groups excluding carboxylic acids is 5. The van der Waals surface area contributed by atoms with Gasteiger partial charge in [0.25, 0.3) is 0 Å². The van der Waals surface area contributed by atoms with Gasteiger partial charge in [-0.05, 0) is 85.3 Å². The molecular formula is C41H53N3O10. The van der Waals surface area contributed by atoms with Gasteiger partial charge in [-0.3, -0.25) is 24.0 Å². The molecule has 2 aromatic rings. The Morgan fingerprint density at radius 3 is 2.48 bits per heavy atom. The van der Waals surface area contributed by atoms with Gasteiger partial charge >= 0.3 is 11.9 Å². The second-order valence-corrected chi connectivity index (χ2v) is 16.8. The zero-order chi connectivity index (χ0) is 39.2. The van der Waals surface area contributed by atoms with E-state index in [-0.39, 0.29) is 61.1 Å². The molecule has 4 aliphatic rings. The predicted octanol–water partition coefficient (Wildman–Crippen LogP) is 3.55. The summed E-state index contributed by atoms with van der Waals surface area (Å²) in [5.74, 6) is -4.32. The molecule has 0 bridgehead atoms. The molecule has 0 radical (unpaired) electrons. The van der Waals surface area contributed by atoms with Crippen LogP contribution in [0.1, 0.15) is 91.0 Å². The first-order chi connectivity index (χ1) is 25.5. The van der Waals surface area contributed by atoms with Crippen LogP contribution in [0, 0.1) is 34.5 Å². The number of aliphatic carboxylic acids is 1. The van der Waals surface area contributed by atoms with Gasteiger partial charge in [0, 0.05) is 41.8 Å². The zero-order valence-corrected chi connectivity index (χ0v) is 31.5. The summed E-state index contributed by atoms with van der Waals surface area (Å²) in [4.78, 5) is 79.9. The monoisotopic (exact) mass is 747 g/mol. The van der Waals surface area contributed by atoms with E-state index in [0.717, 1.165) is 29.3 Å². The Morgan fingerprint density at radius 2 is 1.76 bits per heavy atom. The SMILES string of the molecule is CC(C)[C@H](NC(=O)CCC(=O)OCC(=O)[C@@]1(O)CC[C@H]2[C@@H]3CCC4=CC(=O)CC[C@]4(C)[C@H]3[C@H](O)C[C@@]21C)C(=O)N[C@H](Cc1c[nH]c2ccccc12)C(=O)O. The fraction of sp³-hybridized carbons (Fsp3) is 0.610. The van der Waals surface area contributed by atoms with Crippen molar-refractivity contribution in [3.8, 4) is 0 Å². The molecule has 1 aromatic heterocycles. The van der Waals surface area contributed by atoms with Crippen LogP contribution in [0.2, 0.25) is 0 Å². The van der Waals surface area contributed by atoms with Gasteiger partial charge in [-0.2, -0.15) is 0 Å². The number of Topliss-reactive ketones (excluding diaryl/α,β-unsaturated/α-hetero) is 1. The van der Waals surface area contributed by atoms with Gasteiger partial charge in [0.1, 0.15) is 17.7 Å². The summed E-state index contributed by atoms with van der Waals surface area (Å²) in [6, 6.07) is 5.07. The van der Waals surface area contributed by atoms with Crippen molar-refractivity contribution >= 4 is 46.2 Å². The van der Waals surface area contributed by atoms with Gasteiger partial charge in [-0.1, -0.05) is 51.5 Å². The highest BCUT2D eigenvalue weighted by Crippen LogP contribution is 2.67. The predicted molar refractivity (Wildman–Crippen MR) is 197 cm³/mol. The Bertz CT molecular complexity index is 1870. The van der Waals surface area contributed by atoms with Crippen molar-refractivity contribution in [3.63, 3.8) is 0 Å². The average Bonchev–Trinajstić information content (AvgIpc) is 3.65. The average molecular weight is 748 g/mol. The van der Waals surface area contributed by atoms with Crippen LogP contribution in [0.15, 0.2) is 42.1 Å². The molecule has 0 saturated heterocycles. The number of carboxylic acids is 1. The van der Waals surface area contributed by atoms with Gasteiger partial charge < -0.3 is 35.7 Å². The lowest BCUT2D eigenvalue weighted by Gasteiger charge is -2.60. The van der Waals surface area contributed by atoms with Crippen LogP contribution >= 0.6 is 0 Å². The number of hydrogen-bond donors (Lipinski definition) is 6. The summed E-state index contributed by atoms with van der Waals surface area (Å²) in [7, 11) is 0. The van der Waals surface area contributed by atoms with Gasteiger partial charge in [-0.25, -0.2) is 4.79 Å². The third-order valence-corrected chi connectivity index (χ3v) is 13.4. The first-order valence-corrected chi connectivity index (χ1v) is 19.2. The number of allylic oxidation sites excluding steroid dienone is 1. The molecule has 0 unspecified atom stereocenters. The third kappa shape index (κ3) is 7.12. The summed E-state index contributed by atoms with van der Waals surface area (Å²) in [6.07, 6.45) is 5.61. The third-order valence-electron chi connectivity index (χ3n) is 13.4. The summed E-state index contributed by atoms with van der Waals surface area (Å²) >= 11 is 0. The summed E-state index contributed by atoms with van der Waals surface area (Å²) in [6.45, 7) is 6.71. The van der Waals surface area contributed by atoms with Crippen molar-refractivity contribution in [1.82, 2.24) is 15.6 Å². The van der Waals surface area contributed by atoms with Crippen molar-refractivity contribution in [2.45, 2.75) is 116 Å². The van der Waals surface area contributed by atoms with Crippen molar-refractivity contribution in [2.24, 2.45) is 34.5 Å². The molecule has 4 aliphatic carbocycles. The normalized spacial score (nSPS) is 31.4. The molecule has 6 N–H and O–H groups in total. The summed E-state index contributed by atoms with van der Waals surface area (Å²) in [5, 5.41) is 39.4. The minimum absolute atomic E-state index is 0.0199. The fourth-order valence-corrected chi connectivity index (χ4v) is 10.5. The van der Waals surface area contributed by atoms with Crippen LogP contribution in [0.3, 0.4) is 0 Å². The molecule has 9 atom stereocenters. The first kappa shape index (κ1) is 39.3.